The van der Waals surface area contributed by atoms with Gasteiger partial charge >= 0.3 is 0 Å². The first-order valence-electron chi connectivity index (χ1n) is 9.59. The van der Waals surface area contributed by atoms with E-state index < -0.39 is 0 Å². The Bertz CT molecular complexity index is 846. The van der Waals surface area contributed by atoms with Crippen LogP contribution in [-0.2, 0) is 11.3 Å². The summed E-state index contributed by atoms with van der Waals surface area (Å²) in [6.45, 7) is 5.52. The molecule has 0 aromatic heterocycles. The zero-order chi connectivity index (χ0) is 19.9. The monoisotopic (exact) mass is 380 g/mol. The number of amides is 1. The van der Waals surface area contributed by atoms with Crippen LogP contribution in [0, 0.1) is 17.1 Å². The lowest BCUT2D eigenvalue weighted by Crippen LogP contribution is -2.46. The van der Waals surface area contributed by atoms with Crippen molar-refractivity contribution in [3.05, 3.63) is 65.5 Å². The molecule has 5 nitrogen and oxygen atoms in total. The van der Waals surface area contributed by atoms with Crippen molar-refractivity contribution in [1.29, 1.82) is 5.26 Å². The Morgan fingerprint density at radius 2 is 1.89 bits per heavy atom. The minimum Gasteiger partial charge on any atom is -0.369 e. The molecule has 0 saturated carbocycles. The molecule has 2 aromatic carbocycles. The van der Waals surface area contributed by atoms with Crippen molar-refractivity contribution in [2.45, 2.75) is 25.9 Å². The van der Waals surface area contributed by atoms with E-state index in [1.165, 1.54) is 12.1 Å². The van der Waals surface area contributed by atoms with Gasteiger partial charge in [-0.1, -0.05) is 24.3 Å². The molecule has 146 valence electrons. The number of nitrogens with zero attached hydrogens (tertiary/aromatic N) is 3. The molecule has 0 unspecified atom stereocenters. The number of benzene rings is 2. The Hall–Kier alpha value is -2.91. The quantitative estimate of drug-likeness (QED) is 0.867. The molecule has 6 heteroatoms. The summed E-state index contributed by atoms with van der Waals surface area (Å²) in [6.07, 6.45) is 0.926. The Morgan fingerprint density at radius 1 is 1.14 bits per heavy atom. The number of nitriles is 1. The van der Waals surface area contributed by atoms with Crippen molar-refractivity contribution >= 4 is 11.6 Å². The number of hydrogen-bond donors (Lipinski definition) is 1. The van der Waals surface area contributed by atoms with E-state index in [1.807, 2.05) is 31.2 Å². The van der Waals surface area contributed by atoms with Gasteiger partial charge in [0.15, 0.2) is 0 Å². The van der Waals surface area contributed by atoms with Crippen LogP contribution in [0.15, 0.2) is 48.5 Å². The zero-order valence-corrected chi connectivity index (χ0v) is 16.1. The van der Waals surface area contributed by atoms with Crippen LogP contribution in [0.5, 0.6) is 0 Å². The minimum absolute atomic E-state index is 0.0322. The average Bonchev–Trinajstić information content (AvgIpc) is 2.98. The lowest BCUT2D eigenvalue weighted by atomic mass is 10.1. The predicted molar refractivity (Wildman–Crippen MR) is 107 cm³/mol. The molecule has 1 fully saturated rings. The summed E-state index contributed by atoms with van der Waals surface area (Å²) in [6, 6.07) is 15.8. The minimum atomic E-state index is -0.282. The Morgan fingerprint density at radius 3 is 2.64 bits per heavy atom. The topological polar surface area (TPSA) is 59.4 Å². The van der Waals surface area contributed by atoms with Crippen LogP contribution in [0.4, 0.5) is 10.1 Å². The molecule has 1 amide bonds. The highest BCUT2D eigenvalue weighted by molar-refractivity contribution is 5.81. The van der Waals surface area contributed by atoms with Crippen LogP contribution in [0.1, 0.15) is 24.5 Å². The second-order valence-electron chi connectivity index (χ2n) is 7.03. The van der Waals surface area contributed by atoms with Gasteiger partial charge in [0, 0.05) is 32.7 Å². The fourth-order valence-corrected chi connectivity index (χ4v) is 3.51. The summed E-state index contributed by atoms with van der Waals surface area (Å²) >= 11 is 0. The lowest BCUT2D eigenvalue weighted by Gasteiger charge is -2.27. The summed E-state index contributed by atoms with van der Waals surface area (Å²) in [5.74, 6) is -0.314. The van der Waals surface area contributed by atoms with Gasteiger partial charge < -0.3 is 10.2 Å². The number of hydrogen-bond acceptors (Lipinski definition) is 4. The second-order valence-corrected chi connectivity index (χ2v) is 7.03. The van der Waals surface area contributed by atoms with Crippen LogP contribution >= 0.6 is 0 Å². The van der Waals surface area contributed by atoms with Crippen LogP contribution < -0.4 is 10.2 Å². The third kappa shape index (κ3) is 4.87. The van der Waals surface area contributed by atoms with Gasteiger partial charge in [-0.05, 0) is 43.2 Å². The molecule has 0 aliphatic carbocycles. The smallest absolute Gasteiger partial charge is 0.237 e. The fourth-order valence-electron chi connectivity index (χ4n) is 3.51. The number of para-hydroxylation sites is 1. The summed E-state index contributed by atoms with van der Waals surface area (Å²) in [4.78, 5) is 17.0. The van der Waals surface area contributed by atoms with Gasteiger partial charge in [-0.3, -0.25) is 9.69 Å². The molecular formula is C22H25FN4O. The van der Waals surface area contributed by atoms with Crippen molar-refractivity contribution in [3.63, 3.8) is 0 Å². The third-order valence-corrected chi connectivity index (χ3v) is 5.20. The summed E-state index contributed by atoms with van der Waals surface area (Å²) in [5, 5.41) is 12.3. The van der Waals surface area contributed by atoms with Gasteiger partial charge in [0.05, 0.1) is 17.3 Å². The predicted octanol–water partition coefficient (Wildman–Crippen LogP) is 2.91. The number of carbonyl (C=O) groups is 1. The summed E-state index contributed by atoms with van der Waals surface area (Å²) < 4.78 is 13.0. The van der Waals surface area contributed by atoms with E-state index in [2.05, 4.69) is 21.2 Å². The number of anilines is 1. The second kappa shape index (κ2) is 9.34. The van der Waals surface area contributed by atoms with Crippen LogP contribution in [0.3, 0.4) is 0 Å². The van der Waals surface area contributed by atoms with Gasteiger partial charge in [0.1, 0.15) is 11.9 Å². The highest BCUT2D eigenvalue weighted by Gasteiger charge is 2.24. The first kappa shape index (κ1) is 19.8. The number of halogens is 1. The molecule has 2 aromatic rings. The largest absolute Gasteiger partial charge is 0.369 e. The van der Waals surface area contributed by atoms with Crippen molar-refractivity contribution in [3.8, 4) is 6.07 Å². The molecule has 1 N–H and O–H groups in total. The third-order valence-electron chi connectivity index (χ3n) is 5.20. The lowest BCUT2D eigenvalue weighted by molar-refractivity contribution is -0.126. The van der Waals surface area contributed by atoms with Gasteiger partial charge in [0.2, 0.25) is 5.91 Å². The number of rotatable bonds is 5. The van der Waals surface area contributed by atoms with Crippen molar-refractivity contribution in [2.75, 3.05) is 31.1 Å². The molecule has 0 spiro atoms. The van der Waals surface area contributed by atoms with E-state index in [0.29, 0.717) is 12.1 Å². The highest BCUT2D eigenvalue weighted by atomic mass is 19.1. The molecule has 1 saturated heterocycles. The van der Waals surface area contributed by atoms with E-state index in [1.54, 1.807) is 12.1 Å². The first-order valence-corrected chi connectivity index (χ1v) is 9.59. The van der Waals surface area contributed by atoms with Crippen molar-refractivity contribution < 1.29 is 9.18 Å². The SMILES string of the molecule is C[C@@H](C(=O)NCc1ccc(F)cc1)N1CCCN(c2ccccc2C#N)CC1. The van der Waals surface area contributed by atoms with Gasteiger partial charge in [-0.25, -0.2) is 4.39 Å². The molecule has 0 radical (unpaired) electrons. The number of carbonyl (C=O) groups excluding carboxylic acids is 1. The molecule has 0 bridgehead atoms. The van der Waals surface area contributed by atoms with E-state index in [4.69, 9.17) is 0 Å². The standard InChI is InChI=1S/C22H25FN4O/c1-17(22(28)25-16-18-7-9-20(23)10-8-18)26-11-4-12-27(14-13-26)21-6-3-2-5-19(21)15-24/h2-3,5-10,17H,4,11-14,16H2,1H3,(H,25,28)/t17-/m0/s1. The van der Waals surface area contributed by atoms with Crippen LogP contribution in [0.2, 0.25) is 0 Å². The maximum atomic E-state index is 13.0. The van der Waals surface area contributed by atoms with E-state index in [0.717, 1.165) is 43.9 Å². The van der Waals surface area contributed by atoms with Gasteiger partial charge in [-0.15, -0.1) is 0 Å². The van der Waals surface area contributed by atoms with Gasteiger partial charge in [-0.2, -0.15) is 5.26 Å². The average molecular weight is 380 g/mol. The van der Waals surface area contributed by atoms with Crippen LogP contribution in [-0.4, -0.2) is 43.0 Å². The van der Waals surface area contributed by atoms with Crippen molar-refractivity contribution in [1.82, 2.24) is 10.2 Å². The molecule has 1 aliphatic rings. The summed E-state index contributed by atoms with van der Waals surface area (Å²) in [7, 11) is 0. The Labute approximate surface area is 165 Å². The van der Waals surface area contributed by atoms with E-state index >= 15 is 0 Å². The molecular weight excluding hydrogens is 355 g/mol. The van der Waals surface area contributed by atoms with E-state index in [-0.39, 0.29) is 17.8 Å². The normalized spacial score (nSPS) is 16.1. The Balaban J connectivity index is 1.56. The molecule has 3 rings (SSSR count). The van der Waals surface area contributed by atoms with Gasteiger partial charge in [0.25, 0.3) is 0 Å². The van der Waals surface area contributed by atoms with Crippen LogP contribution in [0.25, 0.3) is 0 Å². The Kier molecular flexibility index (Phi) is 6.62. The number of nitrogens with one attached hydrogen (secondary N) is 1. The first-order chi connectivity index (χ1) is 13.6. The van der Waals surface area contributed by atoms with Crippen molar-refractivity contribution in [2.24, 2.45) is 0 Å². The molecule has 1 atom stereocenters. The molecule has 1 heterocycles. The highest BCUT2D eigenvalue weighted by Crippen LogP contribution is 2.21. The maximum Gasteiger partial charge on any atom is 0.237 e. The molecule has 28 heavy (non-hydrogen) atoms. The zero-order valence-electron chi connectivity index (χ0n) is 16.1. The molecule has 1 aliphatic heterocycles. The summed E-state index contributed by atoms with van der Waals surface area (Å²) in [5.41, 5.74) is 2.51. The maximum absolute atomic E-state index is 13.0. The van der Waals surface area contributed by atoms with E-state index in [9.17, 15) is 14.4 Å². The fraction of sp³-hybridized carbons (Fsp3) is 0.364.